The molecule has 3 nitrogen and oxygen atoms in total. The second kappa shape index (κ2) is 11.5. The first-order chi connectivity index (χ1) is 16.5. The average molecular weight is 504 g/mol. The number of piperidine rings is 2. The normalized spacial score (nSPS) is 27.5. The molecule has 5 aliphatic rings. The molecule has 5 fully saturated rings. The molecule has 0 aromatic carbocycles. The summed E-state index contributed by atoms with van der Waals surface area (Å²) in [5, 5.41) is 0. The SMILES string of the molecule is CC(C)(C)N1CCC2(CCC2)C1.CC(C)(C)N1CCC2(CCC2)CC1.CC1CCN(C(C)(C)C)CC1. The molecule has 2 spiro atoms. The second-order valence-corrected chi connectivity index (χ2v) is 16.5. The van der Waals surface area contributed by atoms with Crippen molar-refractivity contribution in [3.8, 4) is 0 Å². The molecule has 5 rings (SSSR count). The molecular weight excluding hydrogens is 438 g/mol. The van der Waals surface area contributed by atoms with Crippen molar-refractivity contribution in [2.75, 3.05) is 39.3 Å². The van der Waals surface area contributed by atoms with E-state index in [2.05, 4.69) is 83.9 Å². The highest BCUT2D eigenvalue weighted by atomic mass is 15.2. The molecular formula is C33H65N3. The van der Waals surface area contributed by atoms with Gasteiger partial charge in [-0.15, -0.1) is 0 Å². The predicted molar refractivity (Wildman–Crippen MR) is 159 cm³/mol. The van der Waals surface area contributed by atoms with E-state index in [1.54, 1.807) is 0 Å². The molecule has 0 N–H and O–H groups in total. The Morgan fingerprint density at radius 2 is 0.833 bits per heavy atom. The molecule has 3 saturated heterocycles. The molecule has 0 radical (unpaired) electrons. The zero-order chi connectivity index (χ0) is 26.8. The fourth-order valence-electron chi connectivity index (χ4n) is 7.10. The number of hydrogen-bond acceptors (Lipinski definition) is 3. The lowest BCUT2D eigenvalue weighted by Crippen LogP contribution is -2.50. The van der Waals surface area contributed by atoms with Gasteiger partial charge in [0, 0.05) is 23.2 Å². The van der Waals surface area contributed by atoms with Gasteiger partial charge in [0.05, 0.1) is 0 Å². The van der Waals surface area contributed by atoms with Crippen LogP contribution in [0, 0.1) is 16.7 Å². The lowest BCUT2D eigenvalue weighted by Gasteiger charge is -2.51. The van der Waals surface area contributed by atoms with Crippen LogP contribution in [-0.4, -0.2) is 70.6 Å². The molecule has 0 bridgehead atoms. The van der Waals surface area contributed by atoms with Crippen molar-refractivity contribution < 1.29 is 0 Å². The minimum atomic E-state index is 0.389. The van der Waals surface area contributed by atoms with Gasteiger partial charge >= 0.3 is 0 Å². The third-order valence-electron chi connectivity index (χ3n) is 10.7. The monoisotopic (exact) mass is 504 g/mol. The van der Waals surface area contributed by atoms with Gasteiger partial charge in [0.1, 0.15) is 0 Å². The van der Waals surface area contributed by atoms with Crippen molar-refractivity contribution in [1.29, 1.82) is 0 Å². The first-order valence-corrected chi connectivity index (χ1v) is 15.8. The van der Waals surface area contributed by atoms with Crippen molar-refractivity contribution in [1.82, 2.24) is 14.7 Å². The van der Waals surface area contributed by atoms with Crippen LogP contribution in [0.3, 0.4) is 0 Å². The van der Waals surface area contributed by atoms with Crippen molar-refractivity contribution >= 4 is 0 Å². The fourth-order valence-corrected chi connectivity index (χ4v) is 7.10. The van der Waals surface area contributed by atoms with Crippen molar-refractivity contribution in [3.05, 3.63) is 0 Å². The maximum absolute atomic E-state index is 2.66. The Bertz CT molecular complexity index is 651. The average Bonchev–Trinajstić information content (AvgIpc) is 3.20. The van der Waals surface area contributed by atoms with E-state index in [0.717, 1.165) is 16.7 Å². The maximum Gasteiger partial charge on any atom is 0.0125 e. The number of likely N-dealkylation sites (tertiary alicyclic amines) is 3. The van der Waals surface area contributed by atoms with Gasteiger partial charge in [-0.05, 0) is 170 Å². The third kappa shape index (κ3) is 8.19. The summed E-state index contributed by atoms with van der Waals surface area (Å²) >= 11 is 0. The van der Waals surface area contributed by atoms with E-state index in [-0.39, 0.29) is 0 Å². The van der Waals surface area contributed by atoms with Crippen LogP contribution in [0.4, 0.5) is 0 Å². The van der Waals surface area contributed by atoms with E-state index >= 15 is 0 Å². The number of nitrogens with zero attached hydrogens (tertiary/aromatic N) is 3. The Morgan fingerprint density at radius 3 is 1.14 bits per heavy atom. The third-order valence-corrected chi connectivity index (χ3v) is 10.7. The van der Waals surface area contributed by atoms with E-state index < -0.39 is 0 Å². The maximum atomic E-state index is 2.66. The number of hydrogen-bond donors (Lipinski definition) is 0. The van der Waals surface area contributed by atoms with Gasteiger partial charge in [-0.2, -0.15) is 0 Å². The smallest absolute Gasteiger partial charge is 0.0125 e. The van der Waals surface area contributed by atoms with Crippen molar-refractivity contribution in [2.45, 2.75) is 156 Å². The summed E-state index contributed by atoms with van der Waals surface area (Å²) in [5.74, 6) is 0.952. The van der Waals surface area contributed by atoms with Crippen LogP contribution in [0.2, 0.25) is 0 Å². The Hall–Kier alpha value is -0.120. The highest BCUT2D eigenvalue weighted by Crippen LogP contribution is 2.50. The van der Waals surface area contributed by atoms with Gasteiger partial charge in [0.2, 0.25) is 0 Å². The minimum absolute atomic E-state index is 0.389. The van der Waals surface area contributed by atoms with Crippen LogP contribution >= 0.6 is 0 Å². The van der Waals surface area contributed by atoms with E-state index in [4.69, 9.17) is 0 Å². The quantitative estimate of drug-likeness (QED) is 0.329. The van der Waals surface area contributed by atoms with E-state index in [9.17, 15) is 0 Å². The molecule has 212 valence electrons. The van der Waals surface area contributed by atoms with Gasteiger partial charge in [-0.3, -0.25) is 14.7 Å². The van der Waals surface area contributed by atoms with Crippen LogP contribution in [-0.2, 0) is 0 Å². The summed E-state index contributed by atoms with van der Waals surface area (Å²) in [6.45, 7) is 31.3. The summed E-state index contributed by atoms with van der Waals surface area (Å²) in [6.07, 6.45) is 16.2. The summed E-state index contributed by atoms with van der Waals surface area (Å²) < 4.78 is 0. The van der Waals surface area contributed by atoms with Gasteiger partial charge in [-0.1, -0.05) is 19.8 Å². The van der Waals surface area contributed by atoms with Crippen LogP contribution < -0.4 is 0 Å². The Kier molecular flexibility index (Phi) is 9.76. The molecule has 3 heterocycles. The zero-order valence-corrected chi connectivity index (χ0v) is 26.4. The van der Waals surface area contributed by atoms with Gasteiger partial charge < -0.3 is 0 Å². The molecule has 0 atom stereocenters. The molecule has 2 saturated carbocycles. The van der Waals surface area contributed by atoms with E-state index in [0.29, 0.717) is 16.6 Å². The molecule has 0 aromatic heterocycles. The van der Waals surface area contributed by atoms with Crippen LogP contribution in [0.15, 0.2) is 0 Å². The summed E-state index contributed by atoms with van der Waals surface area (Å²) in [4.78, 5) is 7.90. The van der Waals surface area contributed by atoms with Crippen molar-refractivity contribution in [3.63, 3.8) is 0 Å². The lowest BCUT2D eigenvalue weighted by atomic mass is 9.63. The van der Waals surface area contributed by atoms with E-state index in [1.807, 2.05) is 0 Å². The molecule has 3 aliphatic heterocycles. The van der Waals surface area contributed by atoms with Crippen LogP contribution in [0.5, 0.6) is 0 Å². The van der Waals surface area contributed by atoms with Crippen molar-refractivity contribution in [2.24, 2.45) is 16.7 Å². The molecule has 36 heavy (non-hydrogen) atoms. The fraction of sp³-hybridized carbons (Fsp3) is 1.00. The first kappa shape index (κ1) is 30.4. The highest BCUT2D eigenvalue weighted by Gasteiger charge is 2.45. The second-order valence-electron chi connectivity index (χ2n) is 16.5. The lowest BCUT2D eigenvalue weighted by molar-refractivity contribution is -0.00196. The highest BCUT2D eigenvalue weighted by molar-refractivity contribution is 4.98. The van der Waals surface area contributed by atoms with Gasteiger partial charge in [0.15, 0.2) is 0 Å². The minimum Gasteiger partial charge on any atom is -0.298 e. The van der Waals surface area contributed by atoms with Crippen LogP contribution in [0.25, 0.3) is 0 Å². The number of rotatable bonds is 0. The molecule has 0 aromatic rings. The topological polar surface area (TPSA) is 9.72 Å². The van der Waals surface area contributed by atoms with Gasteiger partial charge in [0.25, 0.3) is 0 Å². The molecule has 0 amide bonds. The zero-order valence-electron chi connectivity index (χ0n) is 26.4. The Labute approximate surface area is 227 Å². The predicted octanol–water partition coefficient (Wildman–Crippen LogP) is 8.23. The molecule has 2 aliphatic carbocycles. The summed E-state index contributed by atoms with van der Waals surface area (Å²) in [6, 6.07) is 0. The molecule has 0 unspecified atom stereocenters. The summed E-state index contributed by atoms with van der Waals surface area (Å²) in [5.41, 5.74) is 2.76. The van der Waals surface area contributed by atoms with Crippen LogP contribution in [0.1, 0.15) is 140 Å². The largest absolute Gasteiger partial charge is 0.298 e. The summed E-state index contributed by atoms with van der Waals surface area (Å²) in [7, 11) is 0. The first-order valence-electron chi connectivity index (χ1n) is 15.8. The van der Waals surface area contributed by atoms with Gasteiger partial charge in [-0.25, -0.2) is 0 Å². The molecule has 3 heteroatoms. The standard InChI is InChI=1S/C12H23N.C11H21N.C10H21N/c1-11(2,3)13-9-7-12(8-10-13)5-4-6-12;1-10(2,3)12-8-7-11(9-12)5-4-6-11;1-9-5-7-11(8-6-9)10(2,3)4/h4-10H2,1-3H3;4-9H2,1-3H3;9H,5-8H2,1-4H3. The Morgan fingerprint density at radius 1 is 0.472 bits per heavy atom. The Balaban J connectivity index is 0.000000151. The van der Waals surface area contributed by atoms with E-state index in [1.165, 1.54) is 110 Å².